The van der Waals surface area contributed by atoms with Crippen LogP contribution in [0.25, 0.3) is 22.3 Å². The van der Waals surface area contributed by atoms with E-state index in [9.17, 15) is 0 Å². The van der Waals surface area contributed by atoms with Gasteiger partial charge in [0.2, 0.25) is 0 Å². The number of hydrogen-bond acceptors (Lipinski definition) is 3. The van der Waals surface area contributed by atoms with Crippen LogP contribution in [-0.2, 0) is 5.41 Å². The predicted octanol–water partition coefficient (Wildman–Crippen LogP) is 8.33. The molecular weight excluding hydrogens is 474 g/mol. The molecule has 5 aromatic carbocycles. The van der Waals surface area contributed by atoms with Gasteiger partial charge in [-0.05, 0) is 51.6 Å². The molecule has 39 heavy (non-hydrogen) atoms. The minimum Gasteiger partial charge on any atom is -0.306 e. The molecule has 1 aliphatic carbocycles. The standard InChI is InChI=1S/C36H29N3/c1-36(2)32-16-10-9-15-30(32)31-22-19-28(23-33(31)36)25-17-20-29(21-18-25)39-24-37-34(26-11-5-3-6-12-26)38-35(39)27-13-7-4-8-14-27/h3-23H,24H2,1-2H3. The maximum atomic E-state index is 5.03. The summed E-state index contributed by atoms with van der Waals surface area (Å²) in [7, 11) is 0. The molecule has 2 aliphatic rings. The van der Waals surface area contributed by atoms with Crippen molar-refractivity contribution in [2.75, 3.05) is 11.6 Å². The van der Waals surface area contributed by atoms with Gasteiger partial charge in [-0.1, -0.05) is 123 Å². The van der Waals surface area contributed by atoms with Crippen LogP contribution in [0.15, 0.2) is 137 Å². The van der Waals surface area contributed by atoms with Gasteiger partial charge in [-0.25, -0.2) is 9.98 Å². The van der Waals surface area contributed by atoms with E-state index in [4.69, 9.17) is 9.98 Å². The molecule has 5 aromatic rings. The number of fused-ring (bicyclic) bond motifs is 3. The monoisotopic (exact) mass is 503 g/mol. The van der Waals surface area contributed by atoms with E-state index in [-0.39, 0.29) is 5.41 Å². The van der Waals surface area contributed by atoms with E-state index < -0.39 is 0 Å². The van der Waals surface area contributed by atoms with Crippen LogP contribution in [0.4, 0.5) is 5.69 Å². The van der Waals surface area contributed by atoms with Crippen LogP contribution in [0, 0.1) is 0 Å². The van der Waals surface area contributed by atoms with Crippen molar-refractivity contribution in [3.63, 3.8) is 0 Å². The predicted molar refractivity (Wildman–Crippen MR) is 163 cm³/mol. The van der Waals surface area contributed by atoms with Gasteiger partial charge in [-0.3, -0.25) is 0 Å². The summed E-state index contributed by atoms with van der Waals surface area (Å²) in [5, 5.41) is 0. The van der Waals surface area contributed by atoms with E-state index in [2.05, 4.69) is 122 Å². The van der Waals surface area contributed by atoms with E-state index in [1.54, 1.807) is 0 Å². The third-order valence-electron chi connectivity index (χ3n) is 7.99. The molecule has 0 amide bonds. The van der Waals surface area contributed by atoms with Crippen molar-refractivity contribution in [1.82, 2.24) is 0 Å². The third-order valence-corrected chi connectivity index (χ3v) is 7.99. The first kappa shape index (κ1) is 23.4. The highest BCUT2D eigenvalue weighted by Crippen LogP contribution is 2.49. The summed E-state index contributed by atoms with van der Waals surface area (Å²) in [4.78, 5) is 12.1. The Morgan fingerprint density at radius 1 is 0.564 bits per heavy atom. The highest BCUT2D eigenvalue weighted by atomic mass is 15.3. The fraction of sp³-hybridized carbons (Fsp3) is 0.111. The Kier molecular flexibility index (Phi) is 5.52. The van der Waals surface area contributed by atoms with Crippen LogP contribution in [0.2, 0.25) is 0 Å². The molecule has 0 saturated carbocycles. The minimum absolute atomic E-state index is 0.00874. The summed E-state index contributed by atoms with van der Waals surface area (Å²) in [6.07, 6.45) is 0. The summed E-state index contributed by atoms with van der Waals surface area (Å²) >= 11 is 0. The van der Waals surface area contributed by atoms with Crippen LogP contribution in [0.3, 0.4) is 0 Å². The SMILES string of the molecule is CC1(C)c2ccccc2-c2ccc(-c3ccc(N4CN=C(c5ccccc5)N=C4c4ccccc4)cc3)cc21. The number of benzene rings is 5. The molecule has 0 atom stereocenters. The fourth-order valence-corrected chi connectivity index (χ4v) is 5.87. The Balaban J connectivity index is 1.22. The summed E-state index contributed by atoms with van der Waals surface area (Å²) in [6.45, 7) is 5.17. The van der Waals surface area contributed by atoms with Crippen LogP contribution < -0.4 is 4.90 Å². The van der Waals surface area contributed by atoms with Crippen molar-refractivity contribution < 1.29 is 0 Å². The molecule has 0 spiro atoms. The second-order valence-corrected chi connectivity index (χ2v) is 10.7. The van der Waals surface area contributed by atoms with Gasteiger partial charge in [0, 0.05) is 22.2 Å². The second-order valence-electron chi connectivity index (χ2n) is 10.7. The van der Waals surface area contributed by atoms with Crippen molar-refractivity contribution in [2.24, 2.45) is 9.98 Å². The Hall–Kier alpha value is -4.76. The zero-order valence-electron chi connectivity index (χ0n) is 22.2. The number of amidine groups is 2. The molecule has 0 radical (unpaired) electrons. The second kappa shape index (κ2) is 9.21. The molecule has 7 rings (SSSR count). The van der Waals surface area contributed by atoms with Gasteiger partial charge < -0.3 is 4.90 Å². The number of hydrogen-bond donors (Lipinski definition) is 0. The molecule has 0 saturated heterocycles. The fourth-order valence-electron chi connectivity index (χ4n) is 5.87. The summed E-state index contributed by atoms with van der Waals surface area (Å²) < 4.78 is 0. The van der Waals surface area contributed by atoms with Crippen LogP contribution in [0.1, 0.15) is 36.1 Å². The van der Waals surface area contributed by atoms with Crippen molar-refractivity contribution in [1.29, 1.82) is 0 Å². The first-order valence-electron chi connectivity index (χ1n) is 13.5. The van der Waals surface area contributed by atoms with E-state index in [0.717, 1.165) is 28.5 Å². The van der Waals surface area contributed by atoms with Gasteiger partial charge in [0.05, 0.1) is 0 Å². The number of nitrogens with zero attached hydrogens (tertiary/aromatic N) is 3. The maximum absolute atomic E-state index is 5.03. The van der Waals surface area contributed by atoms with E-state index >= 15 is 0 Å². The summed E-state index contributed by atoms with van der Waals surface area (Å²) in [5.74, 6) is 1.68. The van der Waals surface area contributed by atoms with Gasteiger partial charge in [0.15, 0.2) is 5.84 Å². The normalized spacial score (nSPS) is 15.3. The number of aliphatic imine (C=N–C) groups is 2. The average molecular weight is 504 g/mol. The van der Waals surface area contributed by atoms with E-state index in [1.165, 1.54) is 33.4 Å². The Labute approximate surface area is 229 Å². The molecule has 0 N–H and O–H groups in total. The zero-order valence-corrected chi connectivity index (χ0v) is 22.2. The Bertz CT molecular complexity index is 1730. The van der Waals surface area contributed by atoms with E-state index in [0.29, 0.717) is 6.67 Å². The van der Waals surface area contributed by atoms with Crippen LogP contribution >= 0.6 is 0 Å². The first-order chi connectivity index (χ1) is 19.1. The van der Waals surface area contributed by atoms with Crippen molar-refractivity contribution in [2.45, 2.75) is 19.3 Å². The summed E-state index contributed by atoms with van der Waals surface area (Å²) in [5.41, 5.74) is 11.1. The topological polar surface area (TPSA) is 28.0 Å². The quantitative estimate of drug-likeness (QED) is 0.242. The van der Waals surface area contributed by atoms with Gasteiger partial charge >= 0.3 is 0 Å². The van der Waals surface area contributed by atoms with Gasteiger partial charge in [-0.2, -0.15) is 0 Å². The third kappa shape index (κ3) is 3.98. The molecule has 0 bridgehead atoms. The highest BCUT2D eigenvalue weighted by Gasteiger charge is 2.35. The Morgan fingerprint density at radius 3 is 1.92 bits per heavy atom. The molecule has 1 heterocycles. The van der Waals surface area contributed by atoms with Gasteiger partial charge in [0.1, 0.15) is 12.5 Å². The molecule has 1 aliphatic heterocycles. The van der Waals surface area contributed by atoms with Crippen molar-refractivity contribution in [3.05, 3.63) is 150 Å². The van der Waals surface area contributed by atoms with Gasteiger partial charge in [0.25, 0.3) is 0 Å². The lowest BCUT2D eigenvalue weighted by molar-refractivity contribution is 0.660. The van der Waals surface area contributed by atoms with Gasteiger partial charge in [-0.15, -0.1) is 0 Å². The Morgan fingerprint density at radius 2 is 1.18 bits per heavy atom. The number of rotatable bonds is 4. The molecule has 3 nitrogen and oxygen atoms in total. The first-order valence-corrected chi connectivity index (χ1v) is 13.5. The summed E-state index contributed by atoms with van der Waals surface area (Å²) in [6, 6.07) is 45.1. The lowest BCUT2D eigenvalue weighted by Gasteiger charge is -2.28. The van der Waals surface area contributed by atoms with Crippen molar-refractivity contribution >= 4 is 17.4 Å². The smallest absolute Gasteiger partial charge is 0.158 e. The van der Waals surface area contributed by atoms with E-state index in [1.807, 2.05) is 24.3 Å². The highest BCUT2D eigenvalue weighted by molar-refractivity contribution is 6.19. The molecule has 0 unspecified atom stereocenters. The zero-order chi connectivity index (χ0) is 26.4. The number of anilines is 1. The van der Waals surface area contributed by atoms with Crippen LogP contribution in [0.5, 0.6) is 0 Å². The van der Waals surface area contributed by atoms with Crippen molar-refractivity contribution in [3.8, 4) is 22.3 Å². The molecule has 188 valence electrons. The molecular formula is C36H29N3. The van der Waals surface area contributed by atoms with Crippen LogP contribution in [-0.4, -0.2) is 18.3 Å². The lowest BCUT2D eigenvalue weighted by atomic mass is 9.81. The molecule has 0 aromatic heterocycles. The largest absolute Gasteiger partial charge is 0.306 e. The molecule has 3 heteroatoms. The lowest BCUT2D eigenvalue weighted by Crippen LogP contribution is -2.36. The molecule has 0 fully saturated rings. The maximum Gasteiger partial charge on any atom is 0.158 e. The minimum atomic E-state index is -0.00874. The average Bonchev–Trinajstić information content (AvgIpc) is 3.24.